The molecule has 0 heterocycles. The van der Waals surface area contributed by atoms with E-state index in [0.717, 1.165) is 32.5 Å². The van der Waals surface area contributed by atoms with Crippen LogP contribution in [0.1, 0.15) is 19.8 Å². The van der Waals surface area contributed by atoms with Crippen molar-refractivity contribution in [2.24, 2.45) is 0 Å². The van der Waals surface area contributed by atoms with Gasteiger partial charge in [-0.05, 0) is 33.0 Å². The Balaban J connectivity index is 3.84. The fourth-order valence-electron chi connectivity index (χ4n) is 1.68. The molecule has 0 saturated carbocycles. The predicted molar refractivity (Wildman–Crippen MR) is 86.7 cm³/mol. The smallest absolute Gasteiger partial charge is 0.279 e. The zero-order valence-corrected chi connectivity index (χ0v) is 14.7. The van der Waals surface area contributed by atoms with Gasteiger partial charge in [-0.15, -0.1) is 0 Å². The predicted octanol–water partition coefficient (Wildman–Crippen LogP) is -0.279. The lowest BCUT2D eigenvalue weighted by Crippen LogP contribution is -2.42. The Kier molecular flexibility index (Phi) is 12.2. The summed E-state index contributed by atoms with van der Waals surface area (Å²) in [6, 6.07) is 0. The van der Waals surface area contributed by atoms with Crippen molar-refractivity contribution in [1.82, 2.24) is 19.2 Å². The number of nitrogens with one attached hydrogen (secondary N) is 2. The van der Waals surface area contributed by atoms with Gasteiger partial charge in [0.1, 0.15) is 0 Å². The van der Waals surface area contributed by atoms with Gasteiger partial charge in [-0.2, -0.15) is 12.7 Å². The molecule has 0 bridgehead atoms. The second kappa shape index (κ2) is 12.3. The number of methoxy groups -OCH3 is 1. The third-order valence-electron chi connectivity index (χ3n) is 3.12. The van der Waals surface area contributed by atoms with E-state index in [1.165, 1.54) is 4.31 Å². The lowest BCUT2D eigenvalue weighted by atomic mass is 10.4. The lowest BCUT2D eigenvalue weighted by Gasteiger charge is -2.20. The van der Waals surface area contributed by atoms with Gasteiger partial charge < -0.3 is 15.0 Å². The molecule has 8 heteroatoms. The third-order valence-corrected chi connectivity index (χ3v) is 4.69. The van der Waals surface area contributed by atoms with Gasteiger partial charge in [0.05, 0.1) is 6.61 Å². The maximum absolute atomic E-state index is 12.0. The summed E-state index contributed by atoms with van der Waals surface area (Å²) < 4.78 is 33.0. The Morgan fingerprint density at radius 1 is 1.05 bits per heavy atom. The van der Waals surface area contributed by atoms with E-state index in [4.69, 9.17) is 4.74 Å². The Hall–Kier alpha value is -0.250. The van der Waals surface area contributed by atoms with Crippen LogP contribution in [0.4, 0.5) is 0 Å². The summed E-state index contributed by atoms with van der Waals surface area (Å²) in [7, 11) is 1.83. The lowest BCUT2D eigenvalue weighted by molar-refractivity contribution is 0.162. The second-order valence-electron chi connectivity index (χ2n) is 5.12. The summed E-state index contributed by atoms with van der Waals surface area (Å²) in [4.78, 5) is 2.03. The molecule has 0 aliphatic rings. The first-order valence-electron chi connectivity index (χ1n) is 7.53. The molecule has 0 radical (unpaired) electrons. The molecule has 0 unspecified atom stereocenters. The summed E-state index contributed by atoms with van der Waals surface area (Å²) in [5.74, 6) is 0. The van der Waals surface area contributed by atoms with E-state index in [2.05, 4.69) is 17.0 Å². The highest BCUT2D eigenvalue weighted by Gasteiger charge is 2.16. The fourth-order valence-corrected chi connectivity index (χ4v) is 2.62. The van der Waals surface area contributed by atoms with Crippen molar-refractivity contribution in [1.29, 1.82) is 0 Å². The standard InChI is InChI=1S/C13H32N4O3S/c1-5-7-14-8-6-10-17(3)21(18,19)15-9-11-16(2)12-13-20-4/h14-15H,5-13H2,1-4H3. The van der Waals surface area contributed by atoms with E-state index >= 15 is 0 Å². The number of nitrogens with zero attached hydrogens (tertiary/aromatic N) is 2. The van der Waals surface area contributed by atoms with E-state index < -0.39 is 10.2 Å². The van der Waals surface area contributed by atoms with Crippen molar-refractivity contribution in [2.75, 3.05) is 67.1 Å². The highest BCUT2D eigenvalue weighted by Crippen LogP contribution is 1.95. The van der Waals surface area contributed by atoms with Crippen LogP contribution in [-0.4, -0.2) is 84.7 Å². The molecule has 0 aliphatic carbocycles. The zero-order chi connectivity index (χ0) is 16.1. The van der Waals surface area contributed by atoms with Crippen molar-refractivity contribution >= 4 is 10.2 Å². The maximum atomic E-state index is 12.0. The first kappa shape index (κ1) is 20.8. The molecule has 2 N–H and O–H groups in total. The van der Waals surface area contributed by atoms with Gasteiger partial charge in [-0.3, -0.25) is 0 Å². The number of hydrogen-bond acceptors (Lipinski definition) is 5. The molecule has 0 atom stereocenters. The van der Waals surface area contributed by atoms with Gasteiger partial charge in [0.25, 0.3) is 10.2 Å². The molecule has 0 aromatic carbocycles. The van der Waals surface area contributed by atoms with Crippen molar-refractivity contribution in [3.63, 3.8) is 0 Å². The van der Waals surface area contributed by atoms with E-state index in [1.807, 2.05) is 11.9 Å². The Morgan fingerprint density at radius 2 is 1.76 bits per heavy atom. The highest BCUT2D eigenvalue weighted by molar-refractivity contribution is 7.87. The number of ether oxygens (including phenoxy) is 1. The average Bonchev–Trinajstić information content (AvgIpc) is 2.44. The Labute approximate surface area is 130 Å². The minimum Gasteiger partial charge on any atom is -0.383 e. The van der Waals surface area contributed by atoms with Crippen LogP contribution in [0.25, 0.3) is 0 Å². The normalized spacial score (nSPS) is 12.5. The van der Waals surface area contributed by atoms with Gasteiger partial charge in [-0.1, -0.05) is 6.92 Å². The van der Waals surface area contributed by atoms with E-state index in [0.29, 0.717) is 26.2 Å². The quantitative estimate of drug-likeness (QED) is 0.430. The molecule has 0 amide bonds. The van der Waals surface area contributed by atoms with Crippen molar-refractivity contribution in [3.05, 3.63) is 0 Å². The molecule has 7 nitrogen and oxygen atoms in total. The van der Waals surface area contributed by atoms with Crippen LogP contribution in [-0.2, 0) is 14.9 Å². The molecule has 0 spiro atoms. The average molecular weight is 324 g/mol. The highest BCUT2D eigenvalue weighted by atomic mass is 32.2. The number of rotatable bonds is 14. The summed E-state index contributed by atoms with van der Waals surface area (Å²) in [6.45, 7) is 6.94. The van der Waals surface area contributed by atoms with Crippen LogP contribution in [0, 0.1) is 0 Å². The van der Waals surface area contributed by atoms with Gasteiger partial charge in [0.15, 0.2) is 0 Å². The van der Waals surface area contributed by atoms with Crippen LogP contribution in [0.3, 0.4) is 0 Å². The van der Waals surface area contributed by atoms with Crippen molar-refractivity contribution < 1.29 is 13.2 Å². The first-order chi connectivity index (χ1) is 9.94. The number of likely N-dealkylation sites (N-methyl/N-ethyl adjacent to an activating group) is 1. The van der Waals surface area contributed by atoms with Crippen LogP contribution in [0.15, 0.2) is 0 Å². The summed E-state index contributed by atoms with van der Waals surface area (Å²) in [5, 5.41) is 3.26. The second-order valence-corrected chi connectivity index (χ2v) is 6.98. The van der Waals surface area contributed by atoms with Crippen LogP contribution < -0.4 is 10.0 Å². The van der Waals surface area contributed by atoms with Crippen LogP contribution in [0.5, 0.6) is 0 Å². The molecule has 0 aliphatic heterocycles. The summed E-state index contributed by atoms with van der Waals surface area (Å²) in [5.41, 5.74) is 0. The van der Waals surface area contributed by atoms with Gasteiger partial charge in [-0.25, -0.2) is 4.72 Å². The van der Waals surface area contributed by atoms with E-state index in [-0.39, 0.29) is 0 Å². The molecule has 0 aromatic rings. The minimum absolute atomic E-state index is 0.404. The third kappa shape index (κ3) is 11.0. The minimum atomic E-state index is -3.37. The number of hydrogen-bond donors (Lipinski definition) is 2. The molecule has 21 heavy (non-hydrogen) atoms. The Morgan fingerprint density at radius 3 is 2.38 bits per heavy atom. The molecular weight excluding hydrogens is 292 g/mol. The monoisotopic (exact) mass is 324 g/mol. The maximum Gasteiger partial charge on any atom is 0.279 e. The molecular formula is C13H32N4O3S. The molecule has 0 aromatic heterocycles. The summed E-state index contributed by atoms with van der Waals surface area (Å²) in [6.07, 6.45) is 1.90. The van der Waals surface area contributed by atoms with Crippen molar-refractivity contribution in [3.8, 4) is 0 Å². The topological polar surface area (TPSA) is 73.9 Å². The van der Waals surface area contributed by atoms with Crippen LogP contribution >= 0.6 is 0 Å². The molecule has 128 valence electrons. The van der Waals surface area contributed by atoms with Gasteiger partial charge in [0, 0.05) is 40.3 Å². The van der Waals surface area contributed by atoms with Crippen LogP contribution in [0.2, 0.25) is 0 Å². The largest absolute Gasteiger partial charge is 0.383 e. The van der Waals surface area contributed by atoms with E-state index in [9.17, 15) is 8.42 Å². The zero-order valence-electron chi connectivity index (χ0n) is 13.9. The molecule has 0 saturated heterocycles. The fraction of sp³-hybridized carbons (Fsp3) is 1.00. The van der Waals surface area contributed by atoms with Gasteiger partial charge in [0.2, 0.25) is 0 Å². The molecule has 0 rings (SSSR count). The summed E-state index contributed by atoms with van der Waals surface area (Å²) >= 11 is 0. The van der Waals surface area contributed by atoms with Gasteiger partial charge >= 0.3 is 0 Å². The first-order valence-corrected chi connectivity index (χ1v) is 8.97. The molecule has 0 fully saturated rings. The Bertz CT molecular complexity index is 338. The van der Waals surface area contributed by atoms with Crippen molar-refractivity contribution in [2.45, 2.75) is 19.8 Å². The van der Waals surface area contributed by atoms with E-state index in [1.54, 1.807) is 14.2 Å². The SMILES string of the molecule is CCCNCCCN(C)S(=O)(=O)NCCN(C)CCOC.